The predicted octanol–water partition coefficient (Wildman–Crippen LogP) is 5.24. The molecule has 1 aromatic heterocycles. The third-order valence-electron chi connectivity index (χ3n) is 6.15. The van der Waals surface area contributed by atoms with E-state index in [1.165, 1.54) is 11.0 Å². The highest BCUT2D eigenvalue weighted by Crippen LogP contribution is 2.38. The Labute approximate surface area is 221 Å². The van der Waals surface area contributed by atoms with Gasteiger partial charge in [-0.25, -0.2) is 0 Å². The Bertz CT molecular complexity index is 1290. The van der Waals surface area contributed by atoms with Gasteiger partial charge < -0.3 is 5.73 Å². The van der Waals surface area contributed by atoms with E-state index in [0.717, 1.165) is 23.8 Å². The number of carbonyl (C=O) groups is 2. The lowest BCUT2D eigenvalue weighted by atomic mass is 9.96. The fourth-order valence-corrected chi connectivity index (χ4v) is 5.13. The minimum Gasteiger partial charge on any atom is -0.369 e. The number of rotatable bonds is 9. The van der Waals surface area contributed by atoms with Gasteiger partial charge in [0, 0.05) is 31.7 Å². The molecule has 3 aromatic rings. The highest BCUT2D eigenvalue weighted by molar-refractivity contribution is 7.18. The molecule has 196 valence electrons. The zero-order valence-electron chi connectivity index (χ0n) is 20.0. The number of nitrogens with two attached hydrogens (primary N) is 1. The van der Waals surface area contributed by atoms with Crippen LogP contribution in [0.3, 0.4) is 0 Å². The van der Waals surface area contributed by atoms with Crippen molar-refractivity contribution in [3.63, 3.8) is 0 Å². The van der Waals surface area contributed by atoms with Crippen molar-refractivity contribution >= 4 is 39.9 Å². The summed E-state index contributed by atoms with van der Waals surface area (Å²) in [5.74, 6) is -1.13. The second-order valence-corrected chi connectivity index (χ2v) is 10.2. The molecule has 1 fully saturated rings. The van der Waals surface area contributed by atoms with E-state index >= 15 is 0 Å². The zero-order valence-corrected chi connectivity index (χ0v) is 21.5. The molecule has 0 bridgehead atoms. The van der Waals surface area contributed by atoms with Crippen LogP contribution >= 0.6 is 22.9 Å². The standard InChI is InChI=1S/C25H25ClF3N5O2S/c1-2-3-10-34(23(36)18-6-4-5-7-20(18)26)24-32-31-22(37-24)15-8-9-16(19(11-15)25(27,28)29)12-33-13-17(14-33)21(30)35/h4-9,11,17H,2-3,10,12-14H2,1H3,(H2,30,35). The van der Waals surface area contributed by atoms with Crippen LogP contribution in [0, 0.1) is 5.92 Å². The lowest BCUT2D eigenvalue weighted by molar-refractivity contribution is -0.139. The number of alkyl halides is 3. The molecule has 4 rings (SSSR count). The van der Waals surface area contributed by atoms with Crippen molar-refractivity contribution in [3.05, 3.63) is 64.2 Å². The van der Waals surface area contributed by atoms with Gasteiger partial charge in [-0.2, -0.15) is 13.2 Å². The van der Waals surface area contributed by atoms with Crippen LogP contribution < -0.4 is 10.6 Å². The minimum atomic E-state index is -4.58. The molecule has 2 heterocycles. The summed E-state index contributed by atoms with van der Waals surface area (Å²) in [4.78, 5) is 27.7. The Morgan fingerprint density at radius 2 is 1.92 bits per heavy atom. The number of anilines is 1. The Kier molecular flexibility index (Phi) is 8.15. The van der Waals surface area contributed by atoms with E-state index in [1.54, 1.807) is 35.2 Å². The number of unbranched alkanes of at least 4 members (excludes halogenated alkanes) is 1. The maximum atomic E-state index is 13.9. The number of amides is 2. The third kappa shape index (κ3) is 6.11. The molecule has 2 aromatic carbocycles. The summed E-state index contributed by atoms with van der Waals surface area (Å²) >= 11 is 7.26. The molecule has 0 saturated carbocycles. The second-order valence-electron chi connectivity index (χ2n) is 8.84. The first-order valence-corrected chi connectivity index (χ1v) is 12.9. The van der Waals surface area contributed by atoms with E-state index in [-0.39, 0.29) is 39.6 Å². The van der Waals surface area contributed by atoms with Gasteiger partial charge >= 0.3 is 6.18 Å². The number of carbonyl (C=O) groups excluding carboxylic acids is 2. The smallest absolute Gasteiger partial charge is 0.369 e. The molecule has 0 atom stereocenters. The van der Waals surface area contributed by atoms with Crippen molar-refractivity contribution in [3.8, 4) is 10.6 Å². The van der Waals surface area contributed by atoms with E-state index < -0.39 is 17.6 Å². The number of halogens is 4. The maximum absolute atomic E-state index is 13.9. The van der Waals surface area contributed by atoms with Crippen LogP contribution in [0.25, 0.3) is 10.6 Å². The van der Waals surface area contributed by atoms with Gasteiger partial charge in [-0.05, 0) is 30.2 Å². The molecular weight excluding hydrogens is 527 g/mol. The van der Waals surface area contributed by atoms with E-state index in [4.69, 9.17) is 17.3 Å². The molecule has 1 aliphatic heterocycles. The van der Waals surface area contributed by atoms with Gasteiger partial charge in [0.1, 0.15) is 5.01 Å². The first kappa shape index (κ1) is 27.0. The van der Waals surface area contributed by atoms with E-state index in [0.29, 0.717) is 36.6 Å². The summed E-state index contributed by atoms with van der Waals surface area (Å²) in [5, 5.41) is 9.07. The monoisotopic (exact) mass is 551 g/mol. The maximum Gasteiger partial charge on any atom is 0.416 e. The number of hydrogen-bond donors (Lipinski definition) is 1. The SMILES string of the molecule is CCCCN(C(=O)c1ccccc1Cl)c1nnc(-c2ccc(CN3CC(C(N)=O)C3)c(C(F)(F)F)c2)s1. The summed E-state index contributed by atoms with van der Waals surface area (Å²) in [6.07, 6.45) is -3.06. The fourth-order valence-electron chi connectivity index (χ4n) is 4.05. The number of benzene rings is 2. The average molecular weight is 552 g/mol. The number of likely N-dealkylation sites (tertiary alicyclic amines) is 1. The van der Waals surface area contributed by atoms with Crippen molar-refractivity contribution in [2.75, 3.05) is 24.5 Å². The van der Waals surface area contributed by atoms with Crippen LogP contribution in [0.15, 0.2) is 42.5 Å². The lowest BCUT2D eigenvalue weighted by Crippen LogP contribution is -2.51. The van der Waals surface area contributed by atoms with Gasteiger partial charge in [0.15, 0.2) is 0 Å². The van der Waals surface area contributed by atoms with Crippen molar-refractivity contribution in [2.24, 2.45) is 11.7 Å². The molecule has 2 N–H and O–H groups in total. The van der Waals surface area contributed by atoms with Crippen molar-refractivity contribution < 1.29 is 22.8 Å². The van der Waals surface area contributed by atoms with E-state index in [1.807, 2.05) is 6.92 Å². The quantitative estimate of drug-likeness (QED) is 0.392. The van der Waals surface area contributed by atoms with Crippen LogP contribution in [-0.2, 0) is 17.5 Å². The largest absolute Gasteiger partial charge is 0.416 e. The van der Waals surface area contributed by atoms with E-state index in [9.17, 15) is 22.8 Å². The summed E-state index contributed by atoms with van der Waals surface area (Å²) in [6, 6.07) is 10.7. The molecule has 37 heavy (non-hydrogen) atoms. The summed E-state index contributed by atoms with van der Waals surface area (Å²) in [5.41, 5.74) is 5.14. The molecular formula is C25H25ClF3N5O2S. The average Bonchev–Trinajstić information content (AvgIpc) is 3.30. The topological polar surface area (TPSA) is 92.4 Å². The number of aromatic nitrogens is 2. The molecule has 1 saturated heterocycles. The first-order chi connectivity index (χ1) is 17.6. The van der Waals surface area contributed by atoms with Crippen LogP contribution in [0.4, 0.5) is 18.3 Å². The zero-order chi connectivity index (χ0) is 26.7. The number of nitrogens with zero attached hydrogens (tertiary/aromatic N) is 4. The predicted molar refractivity (Wildman–Crippen MR) is 136 cm³/mol. The van der Waals surface area contributed by atoms with Gasteiger partial charge in [-0.3, -0.25) is 19.4 Å². The normalized spacial score (nSPS) is 14.4. The summed E-state index contributed by atoms with van der Waals surface area (Å²) in [6.45, 7) is 3.07. The van der Waals surface area contributed by atoms with Crippen LogP contribution in [0.1, 0.15) is 41.3 Å². The van der Waals surface area contributed by atoms with Gasteiger partial charge in [-0.15, -0.1) is 10.2 Å². The van der Waals surface area contributed by atoms with Gasteiger partial charge in [0.05, 0.1) is 22.1 Å². The Morgan fingerprint density at radius 1 is 1.19 bits per heavy atom. The molecule has 12 heteroatoms. The number of primary amides is 1. The van der Waals surface area contributed by atoms with Crippen molar-refractivity contribution in [2.45, 2.75) is 32.5 Å². The van der Waals surface area contributed by atoms with Gasteiger partial charge in [0.2, 0.25) is 11.0 Å². The summed E-state index contributed by atoms with van der Waals surface area (Å²) < 4.78 is 41.8. The molecule has 2 amide bonds. The molecule has 0 radical (unpaired) electrons. The van der Waals surface area contributed by atoms with Crippen LogP contribution in [-0.4, -0.2) is 46.5 Å². The highest BCUT2D eigenvalue weighted by atomic mass is 35.5. The number of hydrogen-bond acceptors (Lipinski definition) is 6. The molecule has 0 aliphatic carbocycles. The third-order valence-corrected chi connectivity index (χ3v) is 7.47. The molecule has 7 nitrogen and oxygen atoms in total. The lowest BCUT2D eigenvalue weighted by Gasteiger charge is -2.37. The van der Waals surface area contributed by atoms with Crippen LogP contribution in [0.5, 0.6) is 0 Å². The molecule has 0 spiro atoms. The van der Waals surface area contributed by atoms with E-state index in [2.05, 4.69) is 10.2 Å². The Hall–Kier alpha value is -3.02. The first-order valence-electron chi connectivity index (χ1n) is 11.7. The summed E-state index contributed by atoms with van der Waals surface area (Å²) in [7, 11) is 0. The Morgan fingerprint density at radius 3 is 2.57 bits per heavy atom. The van der Waals surface area contributed by atoms with Crippen molar-refractivity contribution in [1.29, 1.82) is 0 Å². The minimum absolute atomic E-state index is 0.0530. The molecule has 1 aliphatic rings. The molecule has 0 unspecified atom stereocenters. The van der Waals surface area contributed by atoms with Crippen molar-refractivity contribution in [1.82, 2.24) is 15.1 Å². The second kappa shape index (κ2) is 11.2. The highest BCUT2D eigenvalue weighted by Gasteiger charge is 2.37. The Balaban J connectivity index is 1.61. The fraction of sp³-hybridized carbons (Fsp3) is 0.360. The van der Waals surface area contributed by atoms with Gasteiger partial charge in [-0.1, -0.05) is 60.5 Å². The van der Waals surface area contributed by atoms with Gasteiger partial charge in [0.25, 0.3) is 5.91 Å². The van der Waals surface area contributed by atoms with Crippen LogP contribution in [0.2, 0.25) is 5.02 Å².